The van der Waals surface area contributed by atoms with Crippen LogP contribution < -0.4 is 20.5 Å². The highest BCUT2D eigenvalue weighted by atomic mass is 35.5. The lowest BCUT2D eigenvalue weighted by molar-refractivity contribution is -0.140. The zero-order chi connectivity index (χ0) is 25.0. The number of carbonyl (C=O) groups excluding carboxylic acids is 2. The van der Waals surface area contributed by atoms with Gasteiger partial charge in [-0.25, -0.2) is 4.39 Å². The Balaban J connectivity index is 2.03. The summed E-state index contributed by atoms with van der Waals surface area (Å²) in [5.74, 6) is -4.18. The fourth-order valence-electron chi connectivity index (χ4n) is 2.86. The van der Waals surface area contributed by atoms with E-state index >= 15 is 0 Å². The van der Waals surface area contributed by atoms with E-state index in [2.05, 4.69) is 10.3 Å². The number of pyridine rings is 1. The largest absolute Gasteiger partial charge is 0.492 e. The number of amides is 2. The maximum atomic E-state index is 14.9. The number of benzene rings is 2. The normalized spacial score (nSPS) is 11.1. The summed E-state index contributed by atoms with van der Waals surface area (Å²) in [6.45, 7) is 2.08. The summed E-state index contributed by atoms with van der Waals surface area (Å²) in [4.78, 5) is 27.8. The van der Waals surface area contributed by atoms with Gasteiger partial charge in [0.2, 0.25) is 0 Å². The van der Waals surface area contributed by atoms with Crippen LogP contribution in [-0.2, 0) is 6.18 Å². The van der Waals surface area contributed by atoms with Gasteiger partial charge in [0.05, 0.1) is 17.2 Å². The SMILES string of the molecule is CCOc1ccc(Oc2ccc(C(F)(F)F)c(F)c2C(=O)Nc2ccnc(C(N)=O)c2)cc1Cl. The van der Waals surface area contributed by atoms with Gasteiger partial charge < -0.3 is 20.5 Å². The average Bonchev–Trinajstić information content (AvgIpc) is 2.75. The number of nitrogens with two attached hydrogens (primary N) is 1. The van der Waals surface area contributed by atoms with Gasteiger partial charge in [-0.2, -0.15) is 13.2 Å². The number of anilines is 1. The molecule has 7 nitrogen and oxygen atoms in total. The van der Waals surface area contributed by atoms with Gasteiger partial charge in [-0.15, -0.1) is 0 Å². The minimum Gasteiger partial charge on any atom is -0.492 e. The van der Waals surface area contributed by atoms with Crippen LogP contribution >= 0.6 is 11.6 Å². The molecule has 0 aliphatic heterocycles. The number of hydrogen-bond acceptors (Lipinski definition) is 5. The molecule has 2 aromatic carbocycles. The fraction of sp³-hybridized carbons (Fsp3) is 0.136. The molecule has 0 aliphatic rings. The van der Waals surface area contributed by atoms with E-state index in [9.17, 15) is 27.2 Å². The minimum absolute atomic E-state index is 0.0154. The van der Waals surface area contributed by atoms with Crippen LogP contribution in [0.25, 0.3) is 0 Å². The number of hydrogen-bond donors (Lipinski definition) is 2. The monoisotopic (exact) mass is 497 g/mol. The van der Waals surface area contributed by atoms with Crippen LogP contribution in [0.1, 0.15) is 33.3 Å². The summed E-state index contributed by atoms with van der Waals surface area (Å²) in [6.07, 6.45) is -3.94. The van der Waals surface area contributed by atoms with Crippen LogP contribution in [0.2, 0.25) is 5.02 Å². The van der Waals surface area contributed by atoms with Crippen molar-refractivity contribution < 1.29 is 36.6 Å². The maximum absolute atomic E-state index is 14.9. The molecule has 12 heteroatoms. The quantitative estimate of drug-likeness (QED) is 0.423. The van der Waals surface area contributed by atoms with Crippen molar-refractivity contribution in [2.75, 3.05) is 11.9 Å². The zero-order valence-corrected chi connectivity index (χ0v) is 18.1. The number of halogens is 5. The summed E-state index contributed by atoms with van der Waals surface area (Å²) in [5.41, 5.74) is 2.17. The third-order valence-electron chi connectivity index (χ3n) is 4.34. The first-order chi connectivity index (χ1) is 16.0. The molecule has 178 valence electrons. The van der Waals surface area contributed by atoms with Gasteiger partial charge in [0.25, 0.3) is 11.8 Å². The molecule has 0 saturated heterocycles. The van der Waals surface area contributed by atoms with Gasteiger partial charge in [-0.1, -0.05) is 11.6 Å². The number of carbonyl (C=O) groups is 2. The summed E-state index contributed by atoms with van der Waals surface area (Å²) in [7, 11) is 0. The zero-order valence-electron chi connectivity index (χ0n) is 17.4. The Morgan fingerprint density at radius 2 is 1.82 bits per heavy atom. The fourth-order valence-corrected chi connectivity index (χ4v) is 3.08. The molecule has 1 heterocycles. The van der Waals surface area contributed by atoms with Crippen LogP contribution in [0.15, 0.2) is 48.7 Å². The van der Waals surface area contributed by atoms with Crippen LogP contribution in [0.5, 0.6) is 17.2 Å². The van der Waals surface area contributed by atoms with Crippen molar-refractivity contribution in [2.45, 2.75) is 13.1 Å². The van der Waals surface area contributed by atoms with Gasteiger partial charge in [0.1, 0.15) is 28.5 Å². The smallest absolute Gasteiger partial charge is 0.419 e. The molecule has 3 aromatic rings. The van der Waals surface area contributed by atoms with Gasteiger partial charge in [-0.05, 0) is 43.3 Å². The molecule has 0 spiro atoms. The van der Waals surface area contributed by atoms with Crippen molar-refractivity contribution in [3.63, 3.8) is 0 Å². The van der Waals surface area contributed by atoms with Crippen LogP contribution in [0, 0.1) is 5.82 Å². The van der Waals surface area contributed by atoms with Crippen molar-refractivity contribution in [3.05, 3.63) is 76.3 Å². The highest BCUT2D eigenvalue weighted by molar-refractivity contribution is 6.32. The molecular weight excluding hydrogens is 482 g/mol. The molecule has 1 aromatic heterocycles. The van der Waals surface area contributed by atoms with E-state index < -0.39 is 40.7 Å². The van der Waals surface area contributed by atoms with Crippen molar-refractivity contribution in [1.29, 1.82) is 0 Å². The lowest BCUT2D eigenvalue weighted by atomic mass is 10.1. The second-order valence-corrected chi connectivity index (χ2v) is 7.08. The Morgan fingerprint density at radius 3 is 2.44 bits per heavy atom. The van der Waals surface area contributed by atoms with Crippen molar-refractivity contribution >= 4 is 29.1 Å². The summed E-state index contributed by atoms with van der Waals surface area (Å²) < 4.78 is 65.6. The predicted octanol–water partition coefficient (Wildman–Crippen LogP) is 5.44. The molecule has 0 bridgehead atoms. The number of nitrogens with zero attached hydrogens (tertiary/aromatic N) is 1. The van der Waals surface area contributed by atoms with Crippen molar-refractivity contribution in [3.8, 4) is 17.2 Å². The van der Waals surface area contributed by atoms with Gasteiger partial charge in [0, 0.05) is 18.0 Å². The number of nitrogens with one attached hydrogen (secondary N) is 1. The highest BCUT2D eigenvalue weighted by Crippen LogP contribution is 2.38. The Bertz CT molecular complexity index is 1250. The number of alkyl halides is 3. The summed E-state index contributed by atoms with van der Waals surface area (Å²) in [6, 6.07) is 7.72. The summed E-state index contributed by atoms with van der Waals surface area (Å²) in [5, 5.41) is 2.35. The van der Waals surface area contributed by atoms with E-state index in [-0.39, 0.29) is 22.2 Å². The molecule has 3 rings (SSSR count). The molecule has 34 heavy (non-hydrogen) atoms. The van der Waals surface area contributed by atoms with Crippen LogP contribution in [0.3, 0.4) is 0 Å². The molecule has 0 fully saturated rings. The predicted molar refractivity (Wildman–Crippen MR) is 115 cm³/mol. The number of aromatic nitrogens is 1. The Morgan fingerprint density at radius 1 is 1.12 bits per heavy atom. The summed E-state index contributed by atoms with van der Waals surface area (Å²) >= 11 is 6.09. The van der Waals surface area contributed by atoms with Gasteiger partial charge in [-0.3, -0.25) is 14.6 Å². The molecule has 0 atom stereocenters. The van der Waals surface area contributed by atoms with Crippen LogP contribution in [-0.4, -0.2) is 23.4 Å². The molecule has 3 N–H and O–H groups in total. The van der Waals surface area contributed by atoms with Crippen molar-refractivity contribution in [1.82, 2.24) is 4.98 Å². The molecule has 0 radical (unpaired) electrons. The highest BCUT2D eigenvalue weighted by Gasteiger charge is 2.37. The molecule has 0 unspecified atom stereocenters. The standard InChI is InChI=1S/C22H16ClF4N3O4/c1-2-33-16-5-3-12(10-14(16)23)34-17-6-4-13(22(25,26)27)19(24)18(17)21(32)30-11-7-8-29-15(9-11)20(28)31/h3-10H,2H2,1H3,(H2,28,31)(H,29,30,32). The lowest BCUT2D eigenvalue weighted by Crippen LogP contribution is -2.19. The number of primary amides is 1. The number of ether oxygens (including phenoxy) is 2. The first kappa shape index (κ1) is 24.8. The van der Waals surface area contributed by atoms with Gasteiger partial charge >= 0.3 is 6.18 Å². The van der Waals surface area contributed by atoms with E-state index in [0.717, 1.165) is 18.3 Å². The third-order valence-corrected chi connectivity index (χ3v) is 4.63. The topological polar surface area (TPSA) is 104 Å². The van der Waals surface area contributed by atoms with E-state index in [0.29, 0.717) is 18.4 Å². The first-order valence-corrected chi connectivity index (χ1v) is 9.96. The van der Waals surface area contributed by atoms with E-state index in [1.165, 1.54) is 24.3 Å². The molecular formula is C22H16ClF4N3O4. The average molecular weight is 498 g/mol. The Kier molecular flexibility index (Phi) is 7.26. The van der Waals surface area contributed by atoms with Crippen LogP contribution in [0.4, 0.5) is 23.2 Å². The Labute approximate surface area is 195 Å². The molecule has 2 amide bonds. The maximum Gasteiger partial charge on any atom is 0.419 e. The van der Waals surface area contributed by atoms with E-state index in [4.69, 9.17) is 26.8 Å². The Hall–Kier alpha value is -3.86. The number of rotatable bonds is 7. The van der Waals surface area contributed by atoms with Crippen molar-refractivity contribution in [2.24, 2.45) is 5.73 Å². The minimum atomic E-state index is -5.07. The first-order valence-electron chi connectivity index (χ1n) is 9.58. The molecule has 0 aliphatic carbocycles. The third kappa shape index (κ3) is 5.54. The molecule has 0 saturated carbocycles. The van der Waals surface area contributed by atoms with Gasteiger partial charge in [0.15, 0.2) is 5.82 Å². The second kappa shape index (κ2) is 9.96. The second-order valence-electron chi connectivity index (χ2n) is 6.67. The van der Waals surface area contributed by atoms with E-state index in [1.807, 2.05) is 0 Å². The lowest BCUT2D eigenvalue weighted by Gasteiger charge is -2.16. The van der Waals surface area contributed by atoms with E-state index in [1.54, 1.807) is 6.92 Å².